The molecule has 2 aromatic rings. The van der Waals surface area contributed by atoms with Crippen molar-refractivity contribution in [2.75, 3.05) is 11.4 Å². The van der Waals surface area contributed by atoms with Crippen molar-refractivity contribution in [1.29, 1.82) is 0 Å². The van der Waals surface area contributed by atoms with Crippen molar-refractivity contribution in [3.8, 4) is 0 Å². The summed E-state index contributed by atoms with van der Waals surface area (Å²) in [6.07, 6.45) is 7.98. The summed E-state index contributed by atoms with van der Waals surface area (Å²) in [4.78, 5) is 15.1. The predicted octanol–water partition coefficient (Wildman–Crippen LogP) is 3.82. The molecule has 0 radical (unpaired) electrons. The van der Waals surface area contributed by atoms with Crippen LogP contribution in [0.1, 0.15) is 18.5 Å². The van der Waals surface area contributed by atoms with Crippen molar-refractivity contribution in [3.05, 3.63) is 47.7 Å². The first kappa shape index (κ1) is 13.8. The Bertz CT molecular complexity index is 828. The van der Waals surface area contributed by atoms with Crippen molar-refractivity contribution in [1.82, 2.24) is 15.0 Å². The first-order chi connectivity index (χ1) is 10.5. The zero-order chi connectivity index (χ0) is 15.3. The van der Waals surface area contributed by atoms with Crippen LogP contribution in [-0.4, -0.2) is 26.1 Å². The maximum Gasteiger partial charge on any atom is 0.189 e. The highest BCUT2D eigenvalue weighted by Gasteiger charge is 2.35. The van der Waals surface area contributed by atoms with E-state index in [2.05, 4.69) is 35.8 Å². The molecule has 0 amide bonds. The zero-order valence-electron chi connectivity index (χ0n) is 12.1. The van der Waals surface area contributed by atoms with Crippen LogP contribution < -0.4 is 4.90 Å². The van der Waals surface area contributed by atoms with Gasteiger partial charge >= 0.3 is 0 Å². The number of fused-ring (bicyclic) bond motifs is 1. The Balaban J connectivity index is 1.85. The van der Waals surface area contributed by atoms with Gasteiger partial charge in [0.15, 0.2) is 4.58 Å². The van der Waals surface area contributed by atoms with Crippen LogP contribution in [0, 0.1) is 6.92 Å². The van der Waals surface area contributed by atoms with E-state index >= 15 is 0 Å². The van der Waals surface area contributed by atoms with Gasteiger partial charge in [-0.1, -0.05) is 6.08 Å². The number of hydrogen-bond acceptors (Lipinski definition) is 4. The van der Waals surface area contributed by atoms with E-state index < -0.39 is 4.58 Å². The first-order valence-electron chi connectivity index (χ1n) is 7.17. The summed E-state index contributed by atoms with van der Waals surface area (Å²) in [5.41, 5.74) is 3.91. The summed E-state index contributed by atoms with van der Waals surface area (Å²) in [7, 11) is 0. The molecule has 2 aromatic heterocycles. The summed E-state index contributed by atoms with van der Waals surface area (Å²) in [5, 5.41) is 0.956. The van der Waals surface area contributed by atoms with E-state index in [1.54, 1.807) is 18.6 Å². The molecule has 3 heterocycles. The van der Waals surface area contributed by atoms with Crippen molar-refractivity contribution in [2.45, 2.75) is 24.3 Å². The van der Waals surface area contributed by atoms with E-state index in [0.29, 0.717) is 6.42 Å². The lowest BCUT2D eigenvalue weighted by molar-refractivity contribution is 0.359. The molecule has 1 aliphatic carbocycles. The largest absolute Gasteiger partial charge is 0.329 e. The second kappa shape index (κ2) is 4.84. The molecule has 1 atom stereocenters. The number of hydrogen-bond donors (Lipinski definition) is 0. The number of aryl methyl sites for hydroxylation is 1. The van der Waals surface area contributed by atoms with Gasteiger partial charge in [-0.2, -0.15) is 0 Å². The third-order valence-electron chi connectivity index (χ3n) is 4.13. The summed E-state index contributed by atoms with van der Waals surface area (Å²) >= 11 is 3.13. The van der Waals surface area contributed by atoms with Gasteiger partial charge < -0.3 is 4.90 Å². The SMILES string of the molecule is Cc1cc2c(N3CCC4=C3CC(F)(Br)C=C4)ncnc2cn1. The summed E-state index contributed by atoms with van der Waals surface area (Å²) in [5.74, 6) is 0.833. The average Bonchev–Trinajstić information content (AvgIpc) is 2.88. The fourth-order valence-corrected chi connectivity index (χ4v) is 3.47. The highest BCUT2D eigenvalue weighted by atomic mass is 79.9. The van der Waals surface area contributed by atoms with Gasteiger partial charge in [-0.15, -0.1) is 0 Å². The van der Waals surface area contributed by atoms with Gasteiger partial charge in [0.2, 0.25) is 0 Å². The summed E-state index contributed by atoms with van der Waals surface area (Å²) in [6.45, 7) is 2.75. The first-order valence-corrected chi connectivity index (χ1v) is 7.97. The van der Waals surface area contributed by atoms with E-state index in [0.717, 1.165) is 41.1 Å². The zero-order valence-corrected chi connectivity index (χ0v) is 13.6. The van der Waals surface area contributed by atoms with Gasteiger partial charge in [0.05, 0.1) is 11.7 Å². The number of aromatic nitrogens is 3. The third-order valence-corrected chi connectivity index (χ3v) is 4.67. The molecule has 0 bridgehead atoms. The van der Waals surface area contributed by atoms with Crippen LogP contribution in [0.2, 0.25) is 0 Å². The predicted molar refractivity (Wildman–Crippen MR) is 87.6 cm³/mol. The second-order valence-corrected chi connectivity index (χ2v) is 7.00. The van der Waals surface area contributed by atoms with Crippen LogP contribution in [-0.2, 0) is 0 Å². The lowest BCUT2D eigenvalue weighted by Gasteiger charge is -2.27. The molecule has 0 aromatic carbocycles. The molecule has 2 aliphatic rings. The monoisotopic (exact) mass is 360 g/mol. The molecular weight excluding hydrogens is 347 g/mol. The minimum Gasteiger partial charge on any atom is -0.329 e. The van der Waals surface area contributed by atoms with E-state index in [4.69, 9.17) is 0 Å². The number of nitrogens with zero attached hydrogens (tertiary/aromatic N) is 4. The lowest BCUT2D eigenvalue weighted by Crippen LogP contribution is -2.25. The molecule has 0 saturated carbocycles. The van der Waals surface area contributed by atoms with E-state index in [9.17, 15) is 4.39 Å². The summed E-state index contributed by atoms with van der Waals surface area (Å²) in [6, 6.07) is 1.98. The number of alkyl halides is 2. The maximum atomic E-state index is 14.3. The smallest absolute Gasteiger partial charge is 0.189 e. The topological polar surface area (TPSA) is 41.9 Å². The molecule has 0 fully saturated rings. The van der Waals surface area contributed by atoms with Crippen LogP contribution in [0.3, 0.4) is 0 Å². The Hall–Kier alpha value is -1.82. The fraction of sp³-hybridized carbons (Fsp3) is 0.312. The number of pyridine rings is 1. The molecular formula is C16H14BrFN4. The summed E-state index contributed by atoms with van der Waals surface area (Å²) < 4.78 is 12.8. The number of halogens is 2. The van der Waals surface area contributed by atoms with Gasteiger partial charge in [0, 0.05) is 29.7 Å². The molecule has 22 heavy (non-hydrogen) atoms. The minimum absolute atomic E-state index is 0.314. The van der Waals surface area contributed by atoms with Crippen LogP contribution in [0.15, 0.2) is 42.0 Å². The van der Waals surface area contributed by atoms with Crippen LogP contribution in [0.4, 0.5) is 10.2 Å². The van der Waals surface area contributed by atoms with Gasteiger partial charge in [0.1, 0.15) is 12.1 Å². The molecule has 4 nitrogen and oxygen atoms in total. The van der Waals surface area contributed by atoms with Gasteiger partial charge in [-0.3, -0.25) is 4.98 Å². The van der Waals surface area contributed by atoms with Crippen molar-refractivity contribution < 1.29 is 4.39 Å². The normalized spacial score (nSPS) is 24.2. The van der Waals surface area contributed by atoms with Crippen molar-refractivity contribution in [2.24, 2.45) is 0 Å². The molecule has 112 valence electrons. The minimum atomic E-state index is -1.48. The lowest BCUT2D eigenvalue weighted by atomic mass is 10.0. The highest BCUT2D eigenvalue weighted by molar-refractivity contribution is 9.10. The molecule has 0 spiro atoms. The second-order valence-electron chi connectivity index (χ2n) is 5.68. The Labute approximate surface area is 135 Å². The number of allylic oxidation sites excluding steroid dienone is 3. The Morgan fingerprint density at radius 2 is 2.18 bits per heavy atom. The molecule has 4 rings (SSSR count). The van der Waals surface area contributed by atoms with Gasteiger partial charge in [-0.25, -0.2) is 14.4 Å². The maximum absolute atomic E-state index is 14.3. The Morgan fingerprint density at radius 3 is 3.05 bits per heavy atom. The van der Waals surface area contributed by atoms with Crippen LogP contribution in [0.25, 0.3) is 10.9 Å². The molecule has 1 unspecified atom stereocenters. The van der Waals surface area contributed by atoms with E-state index in [1.807, 2.05) is 19.1 Å². The molecule has 0 saturated heterocycles. The average molecular weight is 361 g/mol. The fourth-order valence-electron chi connectivity index (χ4n) is 3.08. The quantitative estimate of drug-likeness (QED) is 0.725. The molecule has 1 aliphatic heterocycles. The Morgan fingerprint density at radius 1 is 1.32 bits per heavy atom. The number of anilines is 1. The van der Waals surface area contributed by atoms with Crippen LogP contribution >= 0.6 is 15.9 Å². The molecule has 6 heteroatoms. The number of rotatable bonds is 1. The van der Waals surface area contributed by atoms with Crippen LogP contribution in [0.5, 0.6) is 0 Å². The van der Waals surface area contributed by atoms with Gasteiger partial charge in [-0.05, 0) is 47.0 Å². The van der Waals surface area contributed by atoms with Crippen molar-refractivity contribution >= 4 is 32.7 Å². The standard InChI is InChI=1S/C16H14BrFN4/c1-10-6-12-13(8-19-10)20-9-21-15(12)22-5-3-11-2-4-16(17,18)7-14(11)22/h2,4,6,8-9H,3,5,7H2,1H3. The highest BCUT2D eigenvalue weighted by Crippen LogP contribution is 2.42. The van der Waals surface area contributed by atoms with Gasteiger partial charge in [0.25, 0.3) is 0 Å². The van der Waals surface area contributed by atoms with Crippen molar-refractivity contribution in [3.63, 3.8) is 0 Å². The molecule has 0 N–H and O–H groups in total. The Kier molecular flexibility index (Phi) is 3.04. The third kappa shape index (κ3) is 2.22. The van der Waals surface area contributed by atoms with E-state index in [-0.39, 0.29) is 0 Å². The van der Waals surface area contributed by atoms with E-state index in [1.165, 1.54) is 5.57 Å².